The van der Waals surface area contributed by atoms with Crippen LogP contribution in [0.5, 0.6) is 0 Å². The molecule has 0 radical (unpaired) electrons. The first kappa shape index (κ1) is 18.3. The predicted octanol–water partition coefficient (Wildman–Crippen LogP) is 3.25. The van der Waals surface area contributed by atoms with Crippen molar-refractivity contribution in [1.29, 1.82) is 0 Å². The van der Waals surface area contributed by atoms with E-state index >= 15 is 0 Å². The molecule has 0 saturated heterocycles. The smallest absolute Gasteiger partial charge is 0.256 e. The van der Waals surface area contributed by atoms with Gasteiger partial charge in [0.2, 0.25) is 0 Å². The lowest BCUT2D eigenvalue weighted by Gasteiger charge is -2.29. The second-order valence-electron chi connectivity index (χ2n) is 8.20. The van der Waals surface area contributed by atoms with Gasteiger partial charge >= 0.3 is 0 Å². The molecule has 2 heterocycles. The zero-order valence-electron chi connectivity index (χ0n) is 16.2. The maximum absolute atomic E-state index is 12.6. The number of benzene rings is 1. The lowest BCUT2D eigenvalue weighted by molar-refractivity contribution is 0.0907. The van der Waals surface area contributed by atoms with Crippen LogP contribution < -0.4 is 5.32 Å². The molecule has 6 nitrogen and oxygen atoms in total. The largest absolute Gasteiger partial charge is 0.352 e. The van der Waals surface area contributed by atoms with Gasteiger partial charge < -0.3 is 5.32 Å². The maximum Gasteiger partial charge on any atom is 0.256 e. The zero-order chi connectivity index (χ0) is 19.7. The number of rotatable bonds is 5. The Kier molecular flexibility index (Phi) is 4.71. The van der Waals surface area contributed by atoms with E-state index in [1.807, 2.05) is 18.2 Å². The highest BCUT2D eigenvalue weighted by Crippen LogP contribution is 2.34. The summed E-state index contributed by atoms with van der Waals surface area (Å²) in [7, 11) is 0. The minimum atomic E-state index is -0.183. The number of nitrogens with one attached hydrogen (secondary N) is 1. The summed E-state index contributed by atoms with van der Waals surface area (Å²) in [5, 5.41) is 7.32. The van der Waals surface area contributed by atoms with E-state index in [-0.39, 0.29) is 17.1 Å². The first-order chi connectivity index (χ1) is 13.4. The third-order valence-corrected chi connectivity index (χ3v) is 5.23. The molecule has 0 unspecified atom stereocenters. The molecule has 0 bridgehead atoms. The predicted molar refractivity (Wildman–Crippen MR) is 107 cm³/mol. The van der Waals surface area contributed by atoms with Gasteiger partial charge in [-0.3, -0.25) is 9.59 Å². The Bertz CT molecular complexity index is 1040. The third-order valence-electron chi connectivity index (χ3n) is 5.23. The van der Waals surface area contributed by atoms with Crippen molar-refractivity contribution in [3.63, 3.8) is 0 Å². The molecule has 1 aliphatic rings. The normalized spacial score (nSPS) is 15.4. The van der Waals surface area contributed by atoms with E-state index in [1.54, 1.807) is 16.9 Å². The van der Waals surface area contributed by atoms with Crippen LogP contribution in [0.3, 0.4) is 0 Å². The van der Waals surface area contributed by atoms with Crippen molar-refractivity contribution in [2.75, 3.05) is 6.54 Å². The molecule has 6 heteroatoms. The molecule has 1 N–H and O–H groups in total. The molecular weight excluding hydrogens is 352 g/mol. The molecule has 0 aliphatic heterocycles. The Morgan fingerprint density at radius 1 is 1.18 bits per heavy atom. The lowest BCUT2D eigenvalue weighted by atomic mass is 9.76. The Balaban J connectivity index is 1.49. The minimum Gasteiger partial charge on any atom is -0.352 e. The monoisotopic (exact) mass is 376 g/mol. The van der Waals surface area contributed by atoms with E-state index in [9.17, 15) is 9.59 Å². The van der Waals surface area contributed by atoms with Gasteiger partial charge in [-0.05, 0) is 30.2 Å². The molecule has 4 rings (SSSR count). The molecule has 144 valence electrons. The second-order valence-corrected chi connectivity index (χ2v) is 8.20. The van der Waals surface area contributed by atoms with Crippen molar-refractivity contribution in [1.82, 2.24) is 19.9 Å². The van der Waals surface area contributed by atoms with E-state index in [0.717, 1.165) is 25.0 Å². The molecule has 2 aromatic heterocycles. The highest BCUT2D eigenvalue weighted by molar-refractivity contribution is 6.01. The van der Waals surface area contributed by atoms with Crippen molar-refractivity contribution >= 4 is 17.3 Å². The molecule has 1 amide bonds. The van der Waals surface area contributed by atoms with Crippen molar-refractivity contribution in [2.24, 2.45) is 5.41 Å². The van der Waals surface area contributed by atoms with Gasteiger partial charge in [0.25, 0.3) is 5.91 Å². The fraction of sp³-hybridized carbons (Fsp3) is 0.364. The van der Waals surface area contributed by atoms with Crippen molar-refractivity contribution < 1.29 is 9.59 Å². The fourth-order valence-electron chi connectivity index (χ4n) is 3.82. The average Bonchev–Trinajstić information content (AvgIpc) is 3.10. The molecule has 1 aromatic carbocycles. The highest BCUT2D eigenvalue weighted by Gasteiger charge is 2.33. The number of carbonyl (C=O) groups excluding carboxylic acids is 2. The van der Waals surface area contributed by atoms with Crippen LogP contribution in [-0.2, 0) is 12.8 Å². The highest BCUT2D eigenvalue weighted by atomic mass is 16.1. The second kappa shape index (κ2) is 7.19. The minimum absolute atomic E-state index is 0.0862. The van der Waals surface area contributed by atoms with Crippen molar-refractivity contribution in [3.8, 4) is 0 Å². The molecule has 3 aromatic rings. The van der Waals surface area contributed by atoms with Gasteiger partial charge in [0.15, 0.2) is 11.4 Å². The maximum atomic E-state index is 12.6. The summed E-state index contributed by atoms with van der Waals surface area (Å²) < 4.78 is 1.66. The Labute approximate surface area is 164 Å². The number of ketones is 1. The van der Waals surface area contributed by atoms with Gasteiger partial charge in [-0.15, -0.1) is 0 Å². The van der Waals surface area contributed by atoms with Gasteiger partial charge in [0.1, 0.15) is 5.56 Å². The number of carbonyl (C=O) groups is 2. The van der Waals surface area contributed by atoms with Crippen LogP contribution in [0.4, 0.5) is 0 Å². The summed E-state index contributed by atoms with van der Waals surface area (Å²) in [4.78, 5) is 29.4. The number of hydrogen-bond acceptors (Lipinski definition) is 4. The summed E-state index contributed by atoms with van der Waals surface area (Å²) in [6.45, 7) is 4.73. The third kappa shape index (κ3) is 3.54. The molecule has 0 atom stereocenters. The van der Waals surface area contributed by atoms with Gasteiger partial charge in [-0.1, -0.05) is 44.2 Å². The number of fused-ring (bicyclic) bond motifs is 3. The standard InChI is InChI=1S/C22H24N4O2/c1-22(2)11-18-16(19(27)12-22)13-24-20-17(14-25-26(18)20)21(28)23-10-6-9-15-7-4-3-5-8-15/h3-5,7-8,13-14H,6,9-12H2,1-2H3,(H,23,28). The molecular formula is C22H24N4O2. The zero-order valence-corrected chi connectivity index (χ0v) is 16.2. The molecule has 0 saturated carbocycles. The van der Waals surface area contributed by atoms with E-state index in [0.29, 0.717) is 29.7 Å². The number of aryl methyl sites for hydroxylation is 1. The number of aromatic nitrogens is 3. The Hall–Kier alpha value is -3.02. The quantitative estimate of drug-likeness (QED) is 0.694. The summed E-state index contributed by atoms with van der Waals surface area (Å²) in [6, 6.07) is 10.2. The van der Waals surface area contributed by atoms with Crippen LogP contribution in [0.2, 0.25) is 0 Å². The molecule has 28 heavy (non-hydrogen) atoms. The molecule has 1 aliphatic carbocycles. The van der Waals surface area contributed by atoms with Crippen LogP contribution in [0.1, 0.15) is 58.7 Å². The van der Waals surface area contributed by atoms with Crippen molar-refractivity contribution in [2.45, 2.75) is 39.5 Å². The topological polar surface area (TPSA) is 76.4 Å². The molecule has 0 spiro atoms. The van der Waals surface area contributed by atoms with Gasteiger partial charge in [0, 0.05) is 19.2 Å². The van der Waals surface area contributed by atoms with Crippen LogP contribution in [0.15, 0.2) is 42.7 Å². The van der Waals surface area contributed by atoms with E-state index in [4.69, 9.17) is 0 Å². The van der Waals surface area contributed by atoms with Crippen LogP contribution >= 0.6 is 0 Å². The lowest BCUT2D eigenvalue weighted by Crippen LogP contribution is -2.29. The van der Waals surface area contributed by atoms with E-state index in [2.05, 4.69) is 41.4 Å². The number of Topliss-reactive ketones (excluding diaryl/α,β-unsaturated/α-hetero) is 1. The summed E-state index contributed by atoms with van der Waals surface area (Å²) in [5.41, 5.74) is 3.54. The SMILES string of the molecule is CC1(C)CC(=O)c2cnc3c(C(=O)NCCCc4ccccc4)cnn3c2C1. The van der Waals surface area contributed by atoms with Gasteiger partial charge in [-0.2, -0.15) is 5.10 Å². The van der Waals surface area contributed by atoms with Crippen LogP contribution in [-0.4, -0.2) is 32.8 Å². The van der Waals surface area contributed by atoms with Crippen LogP contribution in [0, 0.1) is 5.41 Å². The van der Waals surface area contributed by atoms with Crippen LogP contribution in [0.25, 0.3) is 5.65 Å². The van der Waals surface area contributed by atoms with E-state index in [1.165, 1.54) is 5.56 Å². The van der Waals surface area contributed by atoms with Crippen molar-refractivity contribution in [3.05, 3.63) is 65.1 Å². The van der Waals surface area contributed by atoms with Gasteiger partial charge in [-0.25, -0.2) is 9.50 Å². The number of amides is 1. The fourth-order valence-corrected chi connectivity index (χ4v) is 3.82. The summed E-state index contributed by atoms with van der Waals surface area (Å²) in [5.74, 6) is -0.0972. The number of nitrogens with zero attached hydrogens (tertiary/aromatic N) is 3. The van der Waals surface area contributed by atoms with E-state index < -0.39 is 0 Å². The Morgan fingerprint density at radius 2 is 1.96 bits per heavy atom. The average molecular weight is 376 g/mol. The Morgan fingerprint density at radius 3 is 2.75 bits per heavy atom. The number of hydrogen-bond donors (Lipinski definition) is 1. The summed E-state index contributed by atoms with van der Waals surface area (Å²) >= 11 is 0. The van der Waals surface area contributed by atoms with Gasteiger partial charge in [0.05, 0.1) is 17.5 Å². The molecule has 0 fully saturated rings. The summed E-state index contributed by atoms with van der Waals surface area (Å²) in [6.07, 6.45) is 6.15. The first-order valence-corrected chi connectivity index (χ1v) is 9.65. The first-order valence-electron chi connectivity index (χ1n) is 9.65.